The number of cyclic esters (lactones) is 1. The molecule has 0 bridgehead atoms. The van der Waals surface area contributed by atoms with E-state index in [0.717, 1.165) is 5.56 Å². The third-order valence-electron chi connectivity index (χ3n) is 3.90. The van der Waals surface area contributed by atoms with Crippen molar-refractivity contribution in [3.8, 4) is 0 Å². The number of rotatable bonds is 4. The van der Waals surface area contributed by atoms with E-state index in [1.165, 1.54) is 4.90 Å². The number of hydrogen-bond acceptors (Lipinski definition) is 3. The van der Waals surface area contributed by atoms with Gasteiger partial charge in [0.05, 0.1) is 6.04 Å². The summed E-state index contributed by atoms with van der Waals surface area (Å²) in [6.45, 7) is 3.72. The van der Waals surface area contributed by atoms with Crippen LogP contribution in [0.25, 0.3) is 0 Å². The van der Waals surface area contributed by atoms with Crippen molar-refractivity contribution in [2.45, 2.75) is 18.6 Å². The first kappa shape index (κ1) is 15.0. The minimum atomic E-state index is -0.621. The van der Waals surface area contributed by atoms with E-state index in [4.69, 9.17) is 4.74 Å². The molecule has 3 rings (SSSR count). The molecular formula is C19H17NO3. The summed E-state index contributed by atoms with van der Waals surface area (Å²) in [6.07, 6.45) is 0.978. The van der Waals surface area contributed by atoms with Crippen molar-refractivity contribution in [3.63, 3.8) is 0 Å². The van der Waals surface area contributed by atoms with Gasteiger partial charge >= 0.3 is 6.09 Å². The molecule has 1 aliphatic heterocycles. The molecule has 2 aromatic carbocycles. The summed E-state index contributed by atoms with van der Waals surface area (Å²) in [5.74, 6) is -0.346. The number of carbonyl (C=O) groups excluding carboxylic acids is 2. The molecule has 1 saturated heterocycles. The lowest BCUT2D eigenvalue weighted by Gasteiger charge is -2.22. The highest BCUT2D eigenvalue weighted by molar-refractivity contribution is 6.04. The van der Waals surface area contributed by atoms with Crippen LogP contribution >= 0.6 is 0 Å². The molecule has 0 N–H and O–H groups in total. The fourth-order valence-corrected chi connectivity index (χ4v) is 2.76. The Kier molecular flexibility index (Phi) is 4.24. The number of imide groups is 1. The molecule has 0 saturated carbocycles. The van der Waals surface area contributed by atoms with Crippen LogP contribution in [0.15, 0.2) is 73.3 Å². The first-order valence-corrected chi connectivity index (χ1v) is 7.46. The zero-order valence-corrected chi connectivity index (χ0v) is 12.6. The average Bonchev–Trinajstić information content (AvgIpc) is 2.91. The summed E-state index contributed by atoms with van der Waals surface area (Å²) < 4.78 is 5.30. The van der Waals surface area contributed by atoms with Gasteiger partial charge in [-0.15, -0.1) is 0 Å². The Morgan fingerprint density at radius 1 is 1.09 bits per heavy atom. The monoisotopic (exact) mass is 307 g/mol. The third kappa shape index (κ3) is 3.01. The standard InChI is InChI=1S/C19H17NO3/c1-2-17-16(13-14-9-5-3-6-10-14)20(19(22)23-17)18(21)15-11-7-4-8-12-15/h2-12,16-17H,1,13H2/t16-,17+/m0/s1. The number of carbonyl (C=O) groups is 2. The lowest BCUT2D eigenvalue weighted by atomic mass is 10.00. The number of ether oxygens (including phenoxy) is 1. The molecule has 23 heavy (non-hydrogen) atoms. The van der Waals surface area contributed by atoms with Crippen LogP contribution in [-0.4, -0.2) is 29.0 Å². The maximum atomic E-state index is 12.7. The van der Waals surface area contributed by atoms with Crippen molar-refractivity contribution in [1.29, 1.82) is 0 Å². The van der Waals surface area contributed by atoms with E-state index < -0.39 is 18.2 Å². The van der Waals surface area contributed by atoms with Gasteiger partial charge in [0.15, 0.2) is 0 Å². The van der Waals surface area contributed by atoms with E-state index in [9.17, 15) is 9.59 Å². The van der Waals surface area contributed by atoms with Gasteiger partial charge in [-0.3, -0.25) is 4.79 Å². The zero-order chi connectivity index (χ0) is 16.2. The van der Waals surface area contributed by atoms with E-state index in [0.29, 0.717) is 12.0 Å². The number of hydrogen-bond donors (Lipinski definition) is 0. The van der Waals surface area contributed by atoms with Crippen LogP contribution in [0.4, 0.5) is 4.79 Å². The van der Waals surface area contributed by atoms with Gasteiger partial charge in [0.2, 0.25) is 0 Å². The van der Waals surface area contributed by atoms with Crippen LogP contribution < -0.4 is 0 Å². The highest BCUT2D eigenvalue weighted by Gasteiger charge is 2.44. The molecule has 1 fully saturated rings. The molecule has 0 radical (unpaired) electrons. The molecule has 0 aliphatic carbocycles. The fourth-order valence-electron chi connectivity index (χ4n) is 2.76. The predicted octanol–water partition coefficient (Wildman–Crippen LogP) is 3.44. The van der Waals surface area contributed by atoms with Gasteiger partial charge in [0.25, 0.3) is 5.91 Å². The van der Waals surface area contributed by atoms with Crippen LogP contribution in [0.1, 0.15) is 15.9 Å². The summed E-state index contributed by atoms with van der Waals surface area (Å²) in [5, 5.41) is 0. The molecule has 4 heteroatoms. The Hall–Kier alpha value is -2.88. The third-order valence-corrected chi connectivity index (χ3v) is 3.90. The molecule has 4 nitrogen and oxygen atoms in total. The molecule has 2 amide bonds. The Morgan fingerprint density at radius 2 is 1.70 bits per heavy atom. The minimum Gasteiger partial charge on any atom is -0.439 e. The molecule has 2 atom stereocenters. The summed E-state index contributed by atoms with van der Waals surface area (Å²) in [7, 11) is 0. The van der Waals surface area contributed by atoms with Crippen molar-refractivity contribution in [3.05, 3.63) is 84.4 Å². The molecule has 116 valence electrons. The smallest absolute Gasteiger partial charge is 0.417 e. The van der Waals surface area contributed by atoms with Gasteiger partial charge in [0.1, 0.15) is 6.10 Å². The summed E-state index contributed by atoms with van der Waals surface area (Å²) in [6, 6.07) is 18.1. The molecule has 0 spiro atoms. The Balaban J connectivity index is 1.91. The zero-order valence-electron chi connectivity index (χ0n) is 12.6. The van der Waals surface area contributed by atoms with E-state index in [1.807, 2.05) is 36.4 Å². The fraction of sp³-hybridized carbons (Fsp3) is 0.158. The molecule has 0 unspecified atom stereocenters. The van der Waals surface area contributed by atoms with Crippen LogP contribution in [0.3, 0.4) is 0 Å². The Labute approximate surface area is 135 Å². The van der Waals surface area contributed by atoms with Crippen LogP contribution in [0.2, 0.25) is 0 Å². The van der Waals surface area contributed by atoms with Crippen molar-refractivity contribution in [1.82, 2.24) is 4.90 Å². The summed E-state index contributed by atoms with van der Waals surface area (Å²) >= 11 is 0. The van der Waals surface area contributed by atoms with Crippen molar-refractivity contribution >= 4 is 12.0 Å². The number of nitrogens with zero attached hydrogens (tertiary/aromatic N) is 1. The maximum Gasteiger partial charge on any atom is 0.417 e. The second-order valence-electron chi connectivity index (χ2n) is 5.38. The van der Waals surface area contributed by atoms with Gasteiger partial charge in [0, 0.05) is 5.56 Å². The second kappa shape index (κ2) is 6.48. The minimum absolute atomic E-state index is 0.346. The van der Waals surface area contributed by atoms with Gasteiger partial charge in [-0.05, 0) is 30.2 Å². The van der Waals surface area contributed by atoms with Crippen LogP contribution in [-0.2, 0) is 11.2 Å². The van der Waals surface area contributed by atoms with Crippen LogP contribution in [0, 0.1) is 0 Å². The summed E-state index contributed by atoms with van der Waals surface area (Å²) in [4.78, 5) is 26.1. The second-order valence-corrected chi connectivity index (χ2v) is 5.38. The topological polar surface area (TPSA) is 46.6 Å². The first-order chi connectivity index (χ1) is 11.2. The quantitative estimate of drug-likeness (QED) is 0.813. The van der Waals surface area contributed by atoms with Crippen molar-refractivity contribution in [2.75, 3.05) is 0 Å². The largest absolute Gasteiger partial charge is 0.439 e. The molecule has 1 aliphatic rings. The molecule has 2 aromatic rings. The average molecular weight is 307 g/mol. The lowest BCUT2D eigenvalue weighted by molar-refractivity contribution is 0.0774. The Morgan fingerprint density at radius 3 is 2.30 bits per heavy atom. The number of benzene rings is 2. The maximum absolute atomic E-state index is 12.7. The number of amides is 2. The van der Waals surface area contributed by atoms with E-state index in [2.05, 4.69) is 6.58 Å². The first-order valence-electron chi connectivity index (χ1n) is 7.46. The van der Waals surface area contributed by atoms with Gasteiger partial charge in [-0.1, -0.05) is 55.1 Å². The van der Waals surface area contributed by atoms with E-state index >= 15 is 0 Å². The van der Waals surface area contributed by atoms with Crippen molar-refractivity contribution in [2.24, 2.45) is 0 Å². The van der Waals surface area contributed by atoms with Gasteiger partial charge in [-0.2, -0.15) is 0 Å². The van der Waals surface area contributed by atoms with Crippen molar-refractivity contribution < 1.29 is 14.3 Å². The lowest BCUT2D eigenvalue weighted by Crippen LogP contribution is -2.42. The highest BCUT2D eigenvalue weighted by atomic mass is 16.6. The van der Waals surface area contributed by atoms with E-state index in [1.54, 1.807) is 30.3 Å². The van der Waals surface area contributed by atoms with E-state index in [-0.39, 0.29) is 5.91 Å². The summed E-state index contributed by atoms with van der Waals surface area (Å²) in [5.41, 5.74) is 1.50. The molecular weight excluding hydrogens is 290 g/mol. The highest BCUT2D eigenvalue weighted by Crippen LogP contribution is 2.26. The normalized spacial score (nSPS) is 20.2. The van der Waals surface area contributed by atoms with Gasteiger partial charge in [-0.25, -0.2) is 9.69 Å². The predicted molar refractivity (Wildman–Crippen MR) is 87.0 cm³/mol. The SMILES string of the molecule is C=C[C@H]1OC(=O)N(C(=O)c2ccccc2)[C@H]1Cc1ccccc1. The van der Waals surface area contributed by atoms with Gasteiger partial charge < -0.3 is 4.74 Å². The van der Waals surface area contributed by atoms with Crippen LogP contribution in [0.5, 0.6) is 0 Å². The Bertz CT molecular complexity index is 712. The molecule has 0 aromatic heterocycles. The molecule has 1 heterocycles.